The van der Waals surface area contributed by atoms with E-state index in [0.717, 1.165) is 6.42 Å². The molecule has 0 spiro atoms. The predicted molar refractivity (Wildman–Crippen MR) is 64.1 cm³/mol. The molecule has 0 aromatic carbocycles. The lowest BCUT2D eigenvalue weighted by molar-refractivity contribution is -0.144. The highest BCUT2D eigenvalue weighted by atomic mass is 16.4. The molecule has 18 heavy (non-hydrogen) atoms. The summed E-state index contributed by atoms with van der Waals surface area (Å²) in [6.07, 6.45) is 1.40. The summed E-state index contributed by atoms with van der Waals surface area (Å²) in [5.74, 6) is 0.433. The fraction of sp³-hybridized carbons (Fsp3) is 0.750. The van der Waals surface area contributed by atoms with Gasteiger partial charge in [0.1, 0.15) is 0 Å². The maximum absolute atomic E-state index is 11.0. The van der Waals surface area contributed by atoms with Crippen molar-refractivity contribution in [3.8, 4) is 0 Å². The van der Waals surface area contributed by atoms with Crippen molar-refractivity contribution >= 4 is 5.97 Å². The van der Waals surface area contributed by atoms with E-state index < -0.39 is 5.97 Å². The fourth-order valence-corrected chi connectivity index (χ4v) is 2.27. The van der Waals surface area contributed by atoms with Gasteiger partial charge in [-0.1, -0.05) is 13.8 Å². The summed E-state index contributed by atoms with van der Waals surface area (Å²) in [4.78, 5) is 12.9. The Kier molecular flexibility index (Phi) is 3.65. The molecule has 1 aromatic rings. The minimum absolute atomic E-state index is 0.0422. The number of piperidine rings is 1. The first-order valence-electron chi connectivity index (χ1n) is 6.25. The maximum Gasteiger partial charge on any atom is 0.307 e. The Hall–Kier alpha value is -1.43. The molecule has 1 aliphatic rings. The first-order valence-corrected chi connectivity index (χ1v) is 6.25. The summed E-state index contributed by atoms with van der Waals surface area (Å²) in [6.45, 7) is 4.53. The fourth-order valence-electron chi connectivity index (χ4n) is 2.27. The average Bonchev–Trinajstić information content (AvgIpc) is 2.78. The zero-order valence-electron chi connectivity index (χ0n) is 11.0. The zero-order valence-corrected chi connectivity index (χ0v) is 11.0. The van der Waals surface area contributed by atoms with Crippen LogP contribution in [-0.2, 0) is 4.79 Å². The zero-order chi connectivity index (χ0) is 13.3. The number of rotatable bonds is 3. The molecule has 1 N–H and O–H groups in total. The minimum Gasteiger partial charge on any atom is -0.481 e. The number of hydrogen-bond donors (Lipinski definition) is 1. The van der Waals surface area contributed by atoms with Crippen LogP contribution >= 0.6 is 0 Å². The lowest BCUT2D eigenvalue weighted by atomic mass is 9.93. The summed E-state index contributed by atoms with van der Waals surface area (Å²) in [7, 11) is 1.90. The summed E-state index contributed by atoms with van der Waals surface area (Å²) >= 11 is 0. The third kappa shape index (κ3) is 2.53. The molecular formula is C12H19N3O3. The number of carbonyl (C=O) groups is 1. The average molecular weight is 253 g/mol. The van der Waals surface area contributed by atoms with Crippen molar-refractivity contribution in [1.29, 1.82) is 0 Å². The second-order valence-corrected chi connectivity index (χ2v) is 5.20. The molecule has 0 bridgehead atoms. The Morgan fingerprint density at radius 2 is 2.17 bits per heavy atom. The molecule has 1 aromatic heterocycles. The topological polar surface area (TPSA) is 79.5 Å². The van der Waals surface area contributed by atoms with Gasteiger partial charge < -0.3 is 9.52 Å². The molecule has 1 aliphatic heterocycles. The molecule has 100 valence electrons. The largest absolute Gasteiger partial charge is 0.481 e. The number of hydrogen-bond acceptors (Lipinski definition) is 5. The van der Waals surface area contributed by atoms with Crippen LogP contribution in [-0.4, -0.2) is 39.8 Å². The molecule has 0 aliphatic carbocycles. The molecule has 2 rings (SSSR count). The molecule has 2 unspecified atom stereocenters. The summed E-state index contributed by atoms with van der Waals surface area (Å²) in [6, 6.07) is 0.0422. The Labute approximate surface area is 106 Å². The van der Waals surface area contributed by atoms with E-state index in [1.54, 1.807) is 0 Å². The van der Waals surface area contributed by atoms with Gasteiger partial charge in [-0.15, -0.1) is 10.2 Å². The van der Waals surface area contributed by atoms with Crippen molar-refractivity contribution in [2.45, 2.75) is 38.6 Å². The van der Waals surface area contributed by atoms with Gasteiger partial charge in [0.05, 0.1) is 12.0 Å². The molecule has 1 saturated heterocycles. The van der Waals surface area contributed by atoms with Gasteiger partial charge in [-0.3, -0.25) is 9.69 Å². The molecule has 6 heteroatoms. The van der Waals surface area contributed by atoms with Gasteiger partial charge >= 0.3 is 5.97 Å². The summed E-state index contributed by atoms with van der Waals surface area (Å²) < 4.78 is 5.64. The van der Waals surface area contributed by atoms with Crippen LogP contribution in [0, 0.1) is 5.92 Å². The second-order valence-electron chi connectivity index (χ2n) is 5.20. The Balaban J connectivity index is 2.08. The molecule has 1 fully saturated rings. The van der Waals surface area contributed by atoms with Crippen molar-refractivity contribution < 1.29 is 14.3 Å². The van der Waals surface area contributed by atoms with Gasteiger partial charge in [0.15, 0.2) is 0 Å². The van der Waals surface area contributed by atoms with Gasteiger partial charge in [0, 0.05) is 12.5 Å². The highest BCUT2D eigenvalue weighted by molar-refractivity contribution is 5.70. The highest BCUT2D eigenvalue weighted by Crippen LogP contribution is 2.32. The summed E-state index contributed by atoms with van der Waals surface area (Å²) in [5.41, 5.74) is 0. The van der Waals surface area contributed by atoms with Gasteiger partial charge in [0.2, 0.25) is 11.8 Å². The molecular weight excluding hydrogens is 234 g/mol. The van der Waals surface area contributed by atoms with Crippen LogP contribution in [0.15, 0.2) is 4.42 Å². The molecule has 0 saturated carbocycles. The van der Waals surface area contributed by atoms with Crippen LogP contribution in [0.1, 0.15) is 50.4 Å². The Morgan fingerprint density at radius 1 is 1.44 bits per heavy atom. The van der Waals surface area contributed by atoms with Gasteiger partial charge in [-0.2, -0.15) is 0 Å². The van der Waals surface area contributed by atoms with Crippen LogP contribution in [0.3, 0.4) is 0 Å². The monoisotopic (exact) mass is 253 g/mol. The van der Waals surface area contributed by atoms with Crippen LogP contribution in [0.4, 0.5) is 0 Å². The van der Waals surface area contributed by atoms with E-state index in [1.807, 2.05) is 25.8 Å². The van der Waals surface area contributed by atoms with Crippen molar-refractivity contribution in [1.82, 2.24) is 15.1 Å². The number of carboxylic acid groups (broad SMARTS) is 1. The van der Waals surface area contributed by atoms with Crippen molar-refractivity contribution in [2.24, 2.45) is 5.92 Å². The standard InChI is InChI=1S/C12H19N3O3/c1-7(2)10-13-14-11(18-10)9-5-4-8(12(16)17)6-15(9)3/h7-9H,4-6H2,1-3H3,(H,16,17). The molecule has 2 heterocycles. The Morgan fingerprint density at radius 3 is 2.67 bits per heavy atom. The molecule has 2 atom stereocenters. The number of aromatic nitrogens is 2. The van der Waals surface area contributed by atoms with E-state index in [1.165, 1.54) is 0 Å². The highest BCUT2D eigenvalue weighted by Gasteiger charge is 2.33. The number of nitrogens with zero attached hydrogens (tertiary/aromatic N) is 3. The van der Waals surface area contributed by atoms with E-state index in [-0.39, 0.29) is 17.9 Å². The SMILES string of the molecule is CC(C)c1nnc(C2CCC(C(=O)O)CN2C)o1. The van der Waals surface area contributed by atoms with E-state index in [4.69, 9.17) is 9.52 Å². The van der Waals surface area contributed by atoms with Crippen molar-refractivity contribution in [2.75, 3.05) is 13.6 Å². The lowest BCUT2D eigenvalue weighted by Gasteiger charge is -2.33. The van der Waals surface area contributed by atoms with Crippen molar-refractivity contribution in [3.63, 3.8) is 0 Å². The van der Waals surface area contributed by atoms with Gasteiger partial charge in [-0.05, 0) is 19.9 Å². The number of aliphatic carboxylic acids is 1. The smallest absolute Gasteiger partial charge is 0.307 e. The third-order valence-electron chi connectivity index (χ3n) is 3.41. The van der Waals surface area contributed by atoms with Crippen LogP contribution in [0.5, 0.6) is 0 Å². The molecule has 6 nitrogen and oxygen atoms in total. The molecule has 0 amide bonds. The van der Waals surface area contributed by atoms with Crippen LogP contribution in [0.25, 0.3) is 0 Å². The van der Waals surface area contributed by atoms with E-state index >= 15 is 0 Å². The first kappa shape index (κ1) is 13.0. The van der Waals surface area contributed by atoms with Crippen LogP contribution < -0.4 is 0 Å². The first-order chi connectivity index (χ1) is 8.49. The third-order valence-corrected chi connectivity index (χ3v) is 3.41. The van der Waals surface area contributed by atoms with Gasteiger partial charge in [-0.25, -0.2) is 0 Å². The van der Waals surface area contributed by atoms with Gasteiger partial charge in [0.25, 0.3) is 0 Å². The second kappa shape index (κ2) is 5.06. The lowest BCUT2D eigenvalue weighted by Crippen LogP contribution is -2.38. The number of likely N-dealkylation sites (tertiary alicyclic amines) is 1. The van der Waals surface area contributed by atoms with E-state index in [0.29, 0.717) is 24.7 Å². The maximum atomic E-state index is 11.0. The van der Waals surface area contributed by atoms with Crippen molar-refractivity contribution in [3.05, 3.63) is 11.8 Å². The van der Waals surface area contributed by atoms with Crippen LogP contribution in [0.2, 0.25) is 0 Å². The number of carboxylic acids is 1. The quantitative estimate of drug-likeness (QED) is 0.882. The summed E-state index contributed by atoms with van der Waals surface area (Å²) in [5, 5.41) is 17.1. The normalized spacial score (nSPS) is 25.6. The molecule has 0 radical (unpaired) electrons. The van der Waals surface area contributed by atoms with E-state index in [2.05, 4.69) is 10.2 Å². The predicted octanol–water partition coefficient (Wildman–Crippen LogP) is 1.66. The Bertz CT molecular complexity index is 430. The minimum atomic E-state index is -0.728. The van der Waals surface area contributed by atoms with E-state index in [9.17, 15) is 4.79 Å².